The molecule has 2 aromatic carbocycles. The van der Waals surface area contributed by atoms with Crippen LogP contribution in [-0.4, -0.2) is 67.8 Å². The number of aryl methyl sites for hydroxylation is 1. The number of halogens is 2. The number of hydrogen-bond donors (Lipinski definition) is 2. The number of piperazine rings is 1. The van der Waals surface area contributed by atoms with Gasteiger partial charge in [-0.05, 0) is 42.7 Å². The molecule has 1 saturated heterocycles. The lowest BCUT2D eigenvalue weighted by atomic mass is 9.97. The summed E-state index contributed by atoms with van der Waals surface area (Å²) in [6.07, 6.45) is 3.33. The quantitative estimate of drug-likeness (QED) is 0.304. The van der Waals surface area contributed by atoms with E-state index in [0.29, 0.717) is 43.0 Å². The second kappa shape index (κ2) is 11.1. The predicted octanol–water partition coefficient (Wildman–Crippen LogP) is 5.07. The summed E-state index contributed by atoms with van der Waals surface area (Å²) in [5.74, 6) is -1.88. The maximum absolute atomic E-state index is 17.3. The molecule has 2 aliphatic rings. The lowest BCUT2D eigenvalue weighted by molar-refractivity contribution is -0.126. The molecule has 12 heteroatoms. The number of nitrogens with zero attached hydrogens (tertiary/aromatic N) is 5. The largest absolute Gasteiger partial charge is 0.507 e. The second-order valence-corrected chi connectivity index (χ2v) is 11.6. The number of amides is 1. The molecule has 0 bridgehead atoms. The first kappa shape index (κ1) is 29.4. The molecule has 4 heterocycles. The Morgan fingerprint density at radius 1 is 1.20 bits per heavy atom. The second-order valence-electron chi connectivity index (χ2n) is 11.3. The van der Waals surface area contributed by atoms with Gasteiger partial charge in [-0.3, -0.25) is 14.3 Å². The summed E-state index contributed by atoms with van der Waals surface area (Å²) in [6.45, 7) is 10.4. The minimum Gasteiger partial charge on any atom is -0.507 e. The molecule has 1 fully saturated rings. The smallest absolute Gasteiger partial charge is 0.354 e. The molecule has 1 unspecified atom stereocenters. The van der Waals surface area contributed by atoms with Gasteiger partial charge in [-0.15, -0.1) is 0 Å². The number of fused-ring (bicyclic) bond motifs is 2. The van der Waals surface area contributed by atoms with E-state index in [1.807, 2.05) is 18.7 Å². The third-order valence-corrected chi connectivity index (χ3v) is 8.64. The number of pyridine rings is 1. The van der Waals surface area contributed by atoms with Crippen molar-refractivity contribution >= 4 is 34.2 Å². The molecule has 6 rings (SSSR count). The standard InChI is InChI=1S/C32H31ClFN5O5/c1-5-21(42)37-12-13-38-18(15-37)10-14-44-30-24-29(26(34)23(25(30)33)22-19(40)7-6-8-20(22)41)39(32(43)36-31(24)38)28-17(4)9-11-35-27(28)16(2)3/h5-9,11,16,18,40-41H,1,10,12-15H2,2-4H3. The number of carbonyl (C=O) groups excluding carboxylic acids is 1. The van der Waals surface area contributed by atoms with Crippen molar-refractivity contribution in [2.24, 2.45) is 0 Å². The Morgan fingerprint density at radius 2 is 1.93 bits per heavy atom. The number of benzene rings is 2. The van der Waals surface area contributed by atoms with E-state index in [9.17, 15) is 19.8 Å². The Morgan fingerprint density at radius 3 is 2.61 bits per heavy atom. The van der Waals surface area contributed by atoms with Gasteiger partial charge in [0.15, 0.2) is 11.6 Å². The number of phenolic OH excluding ortho intramolecular Hbond substituents is 2. The molecule has 0 aliphatic carbocycles. The Kier molecular flexibility index (Phi) is 7.44. The van der Waals surface area contributed by atoms with Crippen molar-refractivity contribution in [2.45, 2.75) is 39.2 Å². The SMILES string of the molecule is C=CC(=O)N1CCN2c3nc(=O)n(-c4c(C)ccnc4C(C)C)c4c(F)c(-c5c(O)cccc5O)c(Cl)c(c34)OCCC2C1. The zero-order valence-corrected chi connectivity index (χ0v) is 25.2. The first-order valence-electron chi connectivity index (χ1n) is 14.3. The molecule has 1 amide bonds. The molecule has 0 spiro atoms. The molecule has 44 heavy (non-hydrogen) atoms. The zero-order valence-electron chi connectivity index (χ0n) is 24.5. The topological polar surface area (TPSA) is 121 Å². The molecule has 2 aliphatic heterocycles. The molecular weight excluding hydrogens is 589 g/mol. The van der Waals surface area contributed by atoms with Crippen LogP contribution in [0.25, 0.3) is 27.7 Å². The first-order valence-corrected chi connectivity index (χ1v) is 14.7. The zero-order chi connectivity index (χ0) is 31.4. The van der Waals surface area contributed by atoms with Crippen LogP contribution in [0, 0.1) is 12.7 Å². The van der Waals surface area contributed by atoms with Gasteiger partial charge < -0.3 is 24.7 Å². The number of aromatic hydroxyl groups is 2. The van der Waals surface area contributed by atoms with Crippen LogP contribution in [0.5, 0.6) is 17.2 Å². The van der Waals surface area contributed by atoms with Gasteiger partial charge in [0.2, 0.25) is 5.91 Å². The van der Waals surface area contributed by atoms with Crippen LogP contribution < -0.4 is 15.3 Å². The van der Waals surface area contributed by atoms with Gasteiger partial charge in [0.1, 0.15) is 22.8 Å². The van der Waals surface area contributed by atoms with E-state index in [1.54, 1.807) is 24.1 Å². The van der Waals surface area contributed by atoms with Crippen molar-refractivity contribution < 1.29 is 24.1 Å². The molecule has 228 valence electrons. The number of phenols is 2. The van der Waals surface area contributed by atoms with Crippen LogP contribution in [0.3, 0.4) is 0 Å². The van der Waals surface area contributed by atoms with Crippen molar-refractivity contribution in [2.75, 3.05) is 31.1 Å². The molecule has 1 atom stereocenters. The third kappa shape index (κ3) is 4.54. The average molecular weight is 620 g/mol. The normalized spacial score (nSPS) is 16.4. The molecule has 2 aromatic heterocycles. The van der Waals surface area contributed by atoms with Crippen molar-refractivity contribution in [1.29, 1.82) is 0 Å². The van der Waals surface area contributed by atoms with Gasteiger partial charge in [-0.25, -0.2) is 9.18 Å². The molecule has 0 saturated carbocycles. The summed E-state index contributed by atoms with van der Waals surface area (Å²) in [6, 6.07) is 5.46. The van der Waals surface area contributed by atoms with Crippen molar-refractivity contribution in [3.05, 3.63) is 75.7 Å². The fraction of sp³-hybridized carbons (Fsp3) is 0.312. The Hall–Kier alpha value is -4.64. The van der Waals surface area contributed by atoms with Gasteiger partial charge in [0, 0.05) is 37.8 Å². The average Bonchev–Trinajstić information content (AvgIpc) is 2.98. The molecule has 10 nitrogen and oxygen atoms in total. The van der Waals surface area contributed by atoms with Crippen LogP contribution >= 0.6 is 11.6 Å². The van der Waals surface area contributed by atoms with Crippen molar-refractivity contribution in [3.63, 3.8) is 0 Å². The van der Waals surface area contributed by atoms with Gasteiger partial charge >= 0.3 is 5.69 Å². The third-order valence-electron chi connectivity index (χ3n) is 8.28. The van der Waals surface area contributed by atoms with Crippen LogP contribution in [0.1, 0.15) is 37.4 Å². The fourth-order valence-electron chi connectivity index (χ4n) is 6.21. The number of anilines is 1. The lowest BCUT2D eigenvalue weighted by Gasteiger charge is -2.43. The van der Waals surface area contributed by atoms with E-state index >= 15 is 4.39 Å². The summed E-state index contributed by atoms with van der Waals surface area (Å²) < 4.78 is 24.7. The summed E-state index contributed by atoms with van der Waals surface area (Å²) in [4.78, 5) is 39.2. The Balaban J connectivity index is 1.77. The minimum absolute atomic E-state index is 0.0626. The van der Waals surface area contributed by atoms with E-state index < -0.39 is 23.0 Å². The van der Waals surface area contributed by atoms with Crippen molar-refractivity contribution in [1.82, 2.24) is 19.4 Å². The van der Waals surface area contributed by atoms with E-state index in [0.717, 1.165) is 0 Å². The van der Waals surface area contributed by atoms with E-state index in [4.69, 9.17) is 16.3 Å². The summed E-state index contributed by atoms with van der Waals surface area (Å²) in [5.41, 5.74) is 0.0829. The van der Waals surface area contributed by atoms with Gasteiger partial charge in [0.05, 0.1) is 40.0 Å². The number of hydrogen-bond acceptors (Lipinski definition) is 8. The lowest BCUT2D eigenvalue weighted by Crippen LogP contribution is -2.56. The van der Waals surface area contributed by atoms with Crippen LogP contribution in [0.2, 0.25) is 5.02 Å². The highest BCUT2D eigenvalue weighted by Gasteiger charge is 2.37. The monoisotopic (exact) mass is 619 g/mol. The summed E-state index contributed by atoms with van der Waals surface area (Å²) in [5, 5.41) is 21.5. The Labute approximate surface area is 257 Å². The molecule has 2 N–H and O–H groups in total. The highest BCUT2D eigenvalue weighted by atomic mass is 35.5. The van der Waals surface area contributed by atoms with E-state index in [1.165, 1.54) is 28.8 Å². The fourth-order valence-corrected chi connectivity index (χ4v) is 6.54. The maximum atomic E-state index is 17.3. The number of carbonyl (C=O) groups is 1. The summed E-state index contributed by atoms with van der Waals surface area (Å²) in [7, 11) is 0. The molecule has 4 aromatic rings. The molecule has 0 radical (unpaired) electrons. The van der Waals surface area contributed by atoms with Crippen LogP contribution in [0.4, 0.5) is 10.2 Å². The molecular formula is C32H31ClFN5O5. The van der Waals surface area contributed by atoms with Crippen LogP contribution in [-0.2, 0) is 4.79 Å². The number of aromatic nitrogens is 3. The maximum Gasteiger partial charge on any atom is 0.354 e. The van der Waals surface area contributed by atoms with E-state index in [-0.39, 0.29) is 63.1 Å². The Bertz CT molecular complexity index is 1890. The van der Waals surface area contributed by atoms with Crippen molar-refractivity contribution in [3.8, 4) is 34.1 Å². The minimum atomic E-state index is -0.953. The number of ether oxygens (including phenoxy) is 1. The predicted molar refractivity (Wildman–Crippen MR) is 166 cm³/mol. The van der Waals surface area contributed by atoms with Crippen LogP contribution in [0.15, 0.2) is 47.9 Å². The van der Waals surface area contributed by atoms with Gasteiger partial charge in [-0.1, -0.05) is 38.1 Å². The van der Waals surface area contributed by atoms with Gasteiger partial charge in [0.25, 0.3) is 0 Å². The first-order chi connectivity index (χ1) is 21.0. The summed E-state index contributed by atoms with van der Waals surface area (Å²) >= 11 is 6.92. The highest BCUT2D eigenvalue weighted by molar-refractivity contribution is 6.37. The number of rotatable bonds is 4. The van der Waals surface area contributed by atoms with Gasteiger partial charge in [-0.2, -0.15) is 4.98 Å². The highest BCUT2D eigenvalue weighted by Crippen LogP contribution is 2.51. The van der Waals surface area contributed by atoms with E-state index in [2.05, 4.69) is 16.5 Å².